The van der Waals surface area contributed by atoms with Crippen LogP contribution in [0.25, 0.3) is 38.8 Å². The van der Waals surface area contributed by atoms with Crippen molar-refractivity contribution in [1.29, 1.82) is 5.26 Å². The van der Waals surface area contributed by atoms with Crippen LogP contribution < -0.4 is 11.4 Å². The van der Waals surface area contributed by atoms with E-state index >= 15 is 0 Å². The summed E-state index contributed by atoms with van der Waals surface area (Å²) in [7, 11) is 1.95. The van der Waals surface area contributed by atoms with Crippen molar-refractivity contribution >= 4 is 27.8 Å². The summed E-state index contributed by atoms with van der Waals surface area (Å²) in [5.41, 5.74) is 12.0. The van der Waals surface area contributed by atoms with Gasteiger partial charge in [0.1, 0.15) is 11.8 Å². The van der Waals surface area contributed by atoms with Gasteiger partial charge in [0.05, 0.1) is 11.4 Å². The minimum atomic E-state index is -5.08. The lowest BCUT2D eigenvalue weighted by molar-refractivity contribution is -0.192. The van der Waals surface area contributed by atoms with Crippen molar-refractivity contribution in [3.8, 4) is 23.0 Å². The van der Waals surface area contributed by atoms with E-state index in [9.17, 15) is 23.2 Å². The Kier molecular flexibility index (Phi) is 7.67. The van der Waals surface area contributed by atoms with E-state index in [0.717, 1.165) is 44.2 Å². The number of alkyl halides is 3. The van der Waals surface area contributed by atoms with Gasteiger partial charge < -0.3 is 20.0 Å². The number of halogens is 3. The molecule has 3 aromatic heterocycles. The van der Waals surface area contributed by atoms with Crippen LogP contribution in [0.2, 0.25) is 0 Å². The molecule has 6 rings (SSSR count). The Hall–Kier alpha value is -5.54. The molecule has 0 amide bonds. The van der Waals surface area contributed by atoms with Gasteiger partial charge in [-0.1, -0.05) is 60.7 Å². The molecular weight excluding hydrogens is 561 g/mol. The smallest absolute Gasteiger partial charge is 0.475 e. The average molecular weight is 587 g/mol. The molecule has 0 unspecified atom stereocenters. The Labute approximate surface area is 242 Å². The second-order valence-corrected chi connectivity index (χ2v) is 9.75. The van der Waals surface area contributed by atoms with Crippen LogP contribution in [0.15, 0.2) is 90.0 Å². The predicted molar refractivity (Wildman–Crippen MR) is 156 cm³/mol. The van der Waals surface area contributed by atoms with Gasteiger partial charge in [0.15, 0.2) is 0 Å². The van der Waals surface area contributed by atoms with Crippen LogP contribution in [0.3, 0.4) is 0 Å². The number of fused-ring (bicyclic) bond motifs is 2. The first-order valence-electron chi connectivity index (χ1n) is 13.0. The fraction of sp³-hybridized carbons (Fsp3) is 0.129. The molecule has 0 bridgehead atoms. The van der Waals surface area contributed by atoms with Crippen LogP contribution in [-0.2, 0) is 24.9 Å². The zero-order valence-electron chi connectivity index (χ0n) is 22.8. The highest BCUT2D eigenvalue weighted by Gasteiger charge is 2.38. The maximum absolute atomic E-state index is 13.3. The molecule has 0 saturated heterocycles. The summed E-state index contributed by atoms with van der Waals surface area (Å²) in [6.45, 7) is 1.16. The molecule has 0 aliphatic heterocycles. The number of nitrogens with two attached hydrogens (primary N) is 1. The van der Waals surface area contributed by atoms with E-state index < -0.39 is 12.1 Å². The third-order valence-electron chi connectivity index (χ3n) is 7.02. The summed E-state index contributed by atoms with van der Waals surface area (Å²) < 4.78 is 37.5. The Morgan fingerprint density at radius 1 is 0.953 bits per heavy atom. The molecule has 4 N–H and O–H groups in total. The molecule has 3 aromatic carbocycles. The van der Waals surface area contributed by atoms with Crippen LogP contribution in [-0.4, -0.2) is 35.9 Å². The zero-order valence-corrected chi connectivity index (χ0v) is 22.8. The van der Waals surface area contributed by atoms with Gasteiger partial charge in [-0.05, 0) is 23.3 Å². The van der Waals surface area contributed by atoms with Crippen LogP contribution in [0.5, 0.6) is 0 Å². The summed E-state index contributed by atoms with van der Waals surface area (Å²) >= 11 is 0. The quantitative estimate of drug-likeness (QED) is 0.252. The van der Waals surface area contributed by atoms with E-state index in [1.54, 1.807) is 4.57 Å². The minimum Gasteiger partial charge on any atom is -0.475 e. The first kappa shape index (κ1) is 29.0. The lowest BCUT2D eigenvalue weighted by Gasteiger charge is -2.07. The largest absolute Gasteiger partial charge is 0.490 e. The van der Waals surface area contributed by atoms with Gasteiger partial charge in [0.2, 0.25) is 0 Å². The number of hydrogen-bond donors (Lipinski definition) is 3. The van der Waals surface area contributed by atoms with Crippen LogP contribution in [0, 0.1) is 11.3 Å². The van der Waals surface area contributed by atoms with Gasteiger partial charge in [-0.25, -0.2) is 9.59 Å². The third-order valence-corrected chi connectivity index (χ3v) is 7.02. The Morgan fingerprint density at radius 3 is 2.14 bits per heavy atom. The first-order valence-corrected chi connectivity index (χ1v) is 13.0. The molecule has 0 radical (unpaired) electrons. The lowest BCUT2D eigenvalue weighted by Crippen LogP contribution is -2.21. The van der Waals surface area contributed by atoms with Gasteiger partial charge in [-0.2, -0.15) is 18.4 Å². The molecule has 3 heterocycles. The van der Waals surface area contributed by atoms with E-state index in [1.807, 2.05) is 78.6 Å². The monoisotopic (exact) mass is 586 g/mol. The Bertz CT molecular complexity index is 2060. The Balaban J connectivity index is 0.000000472. The molecule has 0 spiro atoms. The fourth-order valence-electron chi connectivity index (χ4n) is 5.04. The Morgan fingerprint density at radius 2 is 1.53 bits per heavy atom. The molecule has 12 heteroatoms. The van der Waals surface area contributed by atoms with Crippen molar-refractivity contribution in [3.63, 3.8) is 0 Å². The van der Waals surface area contributed by atoms with Gasteiger partial charge in [0, 0.05) is 59.9 Å². The average Bonchev–Trinajstić information content (AvgIpc) is 3.63. The topological polar surface area (TPSA) is 135 Å². The van der Waals surface area contributed by atoms with E-state index in [-0.39, 0.29) is 11.4 Å². The number of aromatic nitrogens is 4. The number of benzene rings is 3. The zero-order chi connectivity index (χ0) is 30.9. The molecular formula is C31H25F3N6O3. The van der Waals surface area contributed by atoms with Crippen LogP contribution >= 0.6 is 0 Å². The number of carbonyl (C=O) groups is 1. The summed E-state index contributed by atoms with van der Waals surface area (Å²) in [4.78, 5) is 25.0. The number of carboxylic acid groups (broad SMARTS) is 1. The molecule has 0 aliphatic carbocycles. The standard InChI is InChI=1S/C29H24N6O.C2HF3O2/c1-33-18-27(22-7-3-4-8-25(22)33)35-28(24(15-31)32-29(35)36)23-17-34(26-9-5-2-6-21(23)26)16-20-12-10-19(14-30)11-13-20;3-2(4,5)1(6)7/h2-13,17-18H,14,16,30H2,1H3,(H,32,36);(H,6,7). The highest BCUT2D eigenvalue weighted by atomic mass is 19.4. The maximum Gasteiger partial charge on any atom is 0.490 e. The number of H-pyrrole nitrogens is 1. The minimum absolute atomic E-state index is 0.239. The van der Waals surface area contributed by atoms with Crippen molar-refractivity contribution in [2.75, 3.05) is 0 Å². The number of para-hydroxylation sites is 2. The predicted octanol–water partition coefficient (Wildman–Crippen LogP) is 5.29. The summed E-state index contributed by atoms with van der Waals surface area (Å²) in [5, 5.41) is 19.0. The van der Waals surface area contributed by atoms with Crippen LogP contribution in [0.1, 0.15) is 16.8 Å². The number of nitrogens with zero attached hydrogens (tertiary/aromatic N) is 4. The molecule has 0 atom stereocenters. The van der Waals surface area contributed by atoms with Gasteiger partial charge in [0.25, 0.3) is 0 Å². The number of nitrogens with one attached hydrogen (secondary N) is 1. The van der Waals surface area contributed by atoms with Crippen molar-refractivity contribution in [3.05, 3.63) is 112 Å². The maximum atomic E-state index is 13.3. The number of carboxylic acids is 1. The molecule has 218 valence electrons. The number of nitriles is 1. The summed E-state index contributed by atoms with van der Waals surface area (Å²) in [5.74, 6) is -2.76. The fourth-order valence-corrected chi connectivity index (χ4v) is 5.04. The van der Waals surface area contributed by atoms with Crippen molar-refractivity contribution < 1.29 is 23.1 Å². The third kappa shape index (κ3) is 5.53. The van der Waals surface area contributed by atoms with E-state index in [2.05, 4.69) is 33.8 Å². The normalized spacial score (nSPS) is 11.3. The highest BCUT2D eigenvalue weighted by Crippen LogP contribution is 2.35. The van der Waals surface area contributed by atoms with Crippen molar-refractivity contribution in [2.45, 2.75) is 19.3 Å². The first-order chi connectivity index (χ1) is 20.5. The summed E-state index contributed by atoms with van der Waals surface area (Å²) in [6.07, 6.45) is -1.12. The van der Waals surface area contributed by atoms with Crippen molar-refractivity contribution in [2.24, 2.45) is 12.8 Å². The van der Waals surface area contributed by atoms with E-state index in [1.165, 1.54) is 0 Å². The number of aliphatic carboxylic acids is 1. The highest BCUT2D eigenvalue weighted by molar-refractivity contribution is 5.98. The van der Waals surface area contributed by atoms with Gasteiger partial charge >= 0.3 is 17.8 Å². The molecule has 0 aliphatic rings. The number of rotatable bonds is 5. The molecule has 6 aromatic rings. The lowest BCUT2D eigenvalue weighted by atomic mass is 10.1. The van der Waals surface area contributed by atoms with E-state index in [0.29, 0.717) is 18.8 Å². The number of imidazole rings is 1. The van der Waals surface area contributed by atoms with Crippen molar-refractivity contribution in [1.82, 2.24) is 18.7 Å². The molecule has 0 fully saturated rings. The summed E-state index contributed by atoms with van der Waals surface area (Å²) in [6, 6.07) is 26.5. The number of hydrogen-bond acceptors (Lipinski definition) is 4. The van der Waals surface area contributed by atoms with Crippen LogP contribution in [0.4, 0.5) is 13.2 Å². The molecule has 0 saturated carbocycles. The number of aryl methyl sites for hydroxylation is 1. The molecule has 9 nitrogen and oxygen atoms in total. The van der Waals surface area contributed by atoms with E-state index in [4.69, 9.17) is 15.6 Å². The second kappa shape index (κ2) is 11.4. The SMILES string of the molecule is Cn1cc(-n2c(-c3cn(Cc4ccc(CN)cc4)c4ccccc34)c(C#N)[nH]c2=O)c2ccccc21.O=C(O)C(F)(F)F. The molecule has 43 heavy (non-hydrogen) atoms. The second-order valence-electron chi connectivity index (χ2n) is 9.75. The number of aromatic amines is 1. The van der Waals surface area contributed by atoms with Gasteiger partial charge in [-0.3, -0.25) is 9.55 Å². The van der Waals surface area contributed by atoms with Gasteiger partial charge in [-0.15, -0.1) is 0 Å².